The van der Waals surface area contributed by atoms with Crippen LogP contribution in [0.1, 0.15) is 5.82 Å². The lowest BCUT2D eigenvalue weighted by molar-refractivity contribution is -0.138. The molecular formula is C18H19F2N5O. The van der Waals surface area contributed by atoms with Crippen LogP contribution >= 0.6 is 0 Å². The number of nitrogens with zero attached hydrogens (tertiary/aromatic N) is 3. The van der Waals surface area contributed by atoms with E-state index in [0.717, 1.165) is 48.6 Å². The van der Waals surface area contributed by atoms with Crippen molar-refractivity contribution in [2.75, 3.05) is 31.1 Å². The minimum atomic E-state index is -2.81. The van der Waals surface area contributed by atoms with Crippen LogP contribution in [0.25, 0.3) is 22.2 Å². The number of aromatic nitrogens is 3. The van der Waals surface area contributed by atoms with Gasteiger partial charge in [0.2, 0.25) is 0 Å². The summed E-state index contributed by atoms with van der Waals surface area (Å²) in [5, 5.41) is 3.33. The average molecular weight is 359 g/mol. The van der Waals surface area contributed by atoms with E-state index in [1.165, 1.54) is 0 Å². The summed E-state index contributed by atoms with van der Waals surface area (Å²) in [6, 6.07) is 9.82. The monoisotopic (exact) mass is 359 g/mol. The second kappa shape index (κ2) is 7.35. The van der Waals surface area contributed by atoms with Gasteiger partial charge in [-0.1, -0.05) is 6.07 Å². The molecule has 0 atom stereocenters. The molecule has 0 unspecified atom stereocenters. The van der Waals surface area contributed by atoms with Crippen LogP contribution in [0.5, 0.6) is 0 Å². The van der Waals surface area contributed by atoms with Crippen LogP contribution in [0.3, 0.4) is 0 Å². The number of hydrogen-bond donors (Lipinski definition) is 2. The molecule has 3 heterocycles. The Balaban J connectivity index is 1.54. The molecule has 136 valence electrons. The smallest absolute Gasteiger partial charge is 0.345 e. The molecule has 3 aromatic rings. The first kappa shape index (κ1) is 16.9. The van der Waals surface area contributed by atoms with Gasteiger partial charge in [-0.05, 0) is 29.8 Å². The molecule has 2 aromatic heterocycles. The molecule has 0 bridgehead atoms. The Morgan fingerprint density at radius 1 is 1.12 bits per heavy atom. The molecule has 1 aliphatic heterocycles. The van der Waals surface area contributed by atoms with E-state index in [4.69, 9.17) is 0 Å². The lowest BCUT2D eigenvalue weighted by Crippen LogP contribution is -2.43. The fourth-order valence-electron chi connectivity index (χ4n) is 3.09. The third kappa shape index (κ3) is 3.66. The Kier molecular flexibility index (Phi) is 4.77. The van der Waals surface area contributed by atoms with Gasteiger partial charge in [0.15, 0.2) is 0 Å². The molecule has 1 fully saturated rings. The number of benzene rings is 1. The second-order valence-electron chi connectivity index (χ2n) is 6.13. The van der Waals surface area contributed by atoms with Crippen molar-refractivity contribution in [2.45, 2.75) is 13.2 Å². The zero-order valence-corrected chi connectivity index (χ0v) is 14.1. The Hall–Kier alpha value is -2.58. The molecule has 0 radical (unpaired) electrons. The highest BCUT2D eigenvalue weighted by Gasteiger charge is 2.12. The van der Waals surface area contributed by atoms with Gasteiger partial charge in [0, 0.05) is 37.9 Å². The zero-order chi connectivity index (χ0) is 17.9. The molecule has 1 aliphatic rings. The SMILES string of the molecule is FC(F)OCc1nc2ccc(-c3ccc(N4CCNCC4)nc3)cc2[nH]1. The predicted octanol–water partition coefficient (Wildman–Crippen LogP) is 2.77. The number of ether oxygens (including phenoxy) is 1. The molecule has 0 spiro atoms. The van der Waals surface area contributed by atoms with Gasteiger partial charge in [-0.3, -0.25) is 0 Å². The van der Waals surface area contributed by atoms with E-state index < -0.39 is 6.61 Å². The molecular weight excluding hydrogens is 340 g/mol. The highest BCUT2D eigenvalue weighted by molar-refractivity contribution is 5.82. The lowest BCUT2D eigenvalue weighted by atomic mass is 10.1. The van der Waals surface area contributed by atoms with Gasteiger partial charge < -0.3 is 19.9 Å². The summed E-state index contributed by atoms with van der Waals surface area (Å²) in [5.74, 6) is 1.36. The quantitative estimate of drug-likeness (QED) is 0.733. The number of rotatable bonds is 5. The fourth-order valence-corrected chi connectivity index (χ4v) is 3.09. The lowest BCUT2D eigenvalue weighted by Gasteiger charge is -2.28. The number of pyridine rings is 1. The van der Waals surface area contributed by atoms with Crippen molar-refractivity contribution in [3.05, 3.63) is 42.4 Å². The first-order valence-electron chi connectivity index (χ1n) is 8.49. The summed E-state index contributed by atoms with van der Waals surface area (Å²) in [5.41, 5.74) is 3.47. The molecule has 8 heteroatoms. The first-order valence-corrected chi connectivity index (χ1v) is 8.49. The van der Waals surface area contributed by atoms with Gasteiger partial charge >= 0.3 is 6.61 Å². The maximum absolute atomic E-state index is 12.2. The number of fused-ring (bicyclic) bond motifs is 1. The van der Waals surface area contributed by atoms with Crippen LogP contribution < -0.4 is 10.2 Å². The van der Waals surface area contributed by atoms with Crippen molar-refractivity contribution in [3.63, 3.8) is 0 Å². The van der Waals surface area contributed by atoms with Crippen molar-refractivity contribution in [1.82, 2.24) is 20.3 Å². The van der Waals surface area contributed by atoms with Gasteiger partial charge in [0.25, 0.3) is 0 Å². The summed E-state index contributed by atoms with van der Waals surface area (Å²) in [6.07, 6.45) is 1.86. The van der Waals surface area contributed by atoms with Crippen LogP contribution in [0, 0.1) is 0 Å². The topological polar surface area (TPSA) is 66.1 Å². The normalized spacial score (nSPS) is 15.1. The van der Waals surface area contributed by atoms with Crippen LogP contribution in [-0.2, 0) is 11.3 Å². The van der Waals surface area contributed by atoms with Crippen molar-refractivity contribution >= 4 is 16.9 Å². The minimum Gasteiger partial charge on any atom is -0.354 e. The summed E-state index contributed by atoms with van der Waals surface area (Å²) < 4.78 is 28.6. The highest BCUT2D eigenvalue weighted by atomic mass is 19.3. The minimum absolute atomic E-state index is 0.247. The van der Waals surface area contributed by atoms with Crippen molar-refractivity contribution in [1.29, 1.82) is 0 Å². The van der Waals surface area contributed by atoms with Crippen molar-refractivity contribution in [3.8, 4) is 11.1 Å². The molecule has 0 saturated carbocycles. The van der Waals surface area contributed by atoms with Gasteiger partial charge in [-0.2, -0.15) is 8.78 Å². The maximum atomic E-state index is 12.2. The predicted molar refractivity (Wildman–Crippen MR) is 95.2 cm³/mol. The largest absolute Gasteiger partial charge is 0.354 e. The van der Waals surface area contributed by atoms with Crippen molar-refractivity contribution < 1.29 is 13.5 Å². The number of alkyl halides is 2. The zero-order valence-electron chi connectivity index (χ0n) is 14.1. The Bertz CT molecular complexity index is 875. The number of anilines is 1. The maximum Gasteiger partial charge on any atom is 0.345 e. The van der Waals surface area contributed by atoms with Crippen LogP contribution in [0.2, 0.25) is 0 Å². The van der Waals surface area contributed by atoms with E-state index in [1.54, 1.807) is 0 Å². The van der Waals surface area contributed by atoms with E-state index in [2.05, 4.69) is 29.9 Å². The van der Waals surface area contributed by atoms with Crippen LogP contribution in [0.4, 0.5) is 14.6 Å². The van der Waals surface area contributed by atoms with E-state index in [1.807, 2.05) is 36.5 Å². The standard InChI is InChI=1S/C18H19F2N5O/c19-18(20)26-11-16-23-14-3-1-12(9-15(14)24-16)13-2-4-17(22-10-13)25-7-5-21-6-8-25/h1-4,9-10,18,21H,5-8,11H2,(H,23,24). The molecule has 26 heavy (non-hydrogen) atoms. The number of imidazole rings is 1. The van der Waals surface area contributed by atoms with E-state index in [-0.39, 0.29) is 6.61 Å². The summed E-state index contributed by atoms with van der Waals surface area (Å²) >= 11 is 0. The van der Waals surface area contributed by atoms with E-state index in [0.29, 0.717) is 11.3 Å². The van der Waals surface area contributed by atoms with E-state index in [9.17, 15) is 8.78 Å². The first-order chi connectivity index (χ1) is 12.7. The fraction of sp³-hybridized carbons (Fsp3) is 0.333. The summed E-state index contributed by atoms with van der Waals surface area (Å²) in [7, 11) is 0. The van der Waals surface area contributed by atoms with Gasteiger partial charge in [0.1, 0.15) is 18.2 Å². The third-order valence-corrected chi connectivity index (χ3v) is 4.40. The molecule has 4 rings (SSSR count). The Morgan fingerprint density at radius 2 is 1.92 bits per heavy atom. The molecule has 0 amide bonds. The molecule has 1 aromatic carbocycles. The summed E-state index contributed by atoms with van der Waals surface area (Å²) in [6.45, 7) is 0.794. The molecule has 6 nitrogen and oxygen atoms in total. The van der Waals surface area contributed by atoms with Crippen LogP contribution in [-0.4, -0.2) is 47.7 Å². The Labute approximate surface area is 149 Å². The van der Waals surface area contributed by atoms with Crippen molar-refractivity contribution in [2.24, 2.45) is 0 Å². The molecule has 2 N–H and O–H groups in total. The number of hydrogen-bond acceptors (Lipinski definition) is 5. The molecule has 0 aliphatic carbocycles. The van der Waals surface area contributed by atoms with Crippen LogP contribution in [0.15, 0.2) is 36.5 Å². The van der Waals surface area contributed by atoms with Gasteiger partial charge in [-0.15, -0.1) is 0 Å². The second-order valence-corrected chi connectivity index (χ2v) is 6.13. The number of nitrogens with one attached hydrogen (secondary N) is 2. The summed E-state index contributed by atoms with van der Waals surface area (Å²) in [4.78, 5) is 14.1. The Morgan fingerprint density at radius 3 is 2.65 bits per heavy atom. The number of piperazine rings is 1. The number of H-pyrrole nitrogens is 1. The number of aromatic amines is 1. The average Bonchev–Trinajstić information content (AvgIpc) is 3.09. The van der Waals surface area contributed by atoms with Gasteiger partial charge in [0.05, 0.1) is 11.0 Å². The number of halogens is 2. The van der Waals surface area contributed by atoms with Gasteiger partial charge in [-0.25, -0.2) is 9.97 Å². The van der Waals surface area contributed by atoms with E-state index >= 15 is 0 Å². The highest BCUT2D eigenvalue weighted by Crippen LogP contribution is 2.25. The third-order valence-electron chi connectivity index (χ3n) is 4.40. The molecule has 1 saturated heterocycles.